The molecule has 4 aromatic rings. The topological polar surface area (TPSA) is 77.1 Å². The van der Waals surface area contributed by atoms with Gasteiger partial charge < -0.3 is 19.5 Å². The van der Waals surface area contributed by atoms with Crippen LogP contribution in [0.3, 0.4) is 0 Å². The quantitative estimate of drug-likeness (QED) is 0.108. The summed E-state index contributed by atoms with van der Waals surface area (Å²) in [5.74, 6) is -0.889. The highest BCUT2D eigenvalue weighted by Gasteiger charge is 2.53. The number of likely N-dealkylation sites (tertiary alicyclic amines) is 1. The summed E-state index contributed by atoms with van der Waals surface area (Å²) in [5.41, 5.74) is -3.72. The van der Waals surface area contributed by atoms with Crippen LogP contribution in [0.4, 0.5) is 31.1 Å². The van der Waals surface area contributed by atoms with Crippen molar-refractivity contribution in [2.75, 3.05) is 25.6 Å². The normalized spacial score (nSPS) is 19.6. The molecule has 288 valence electrons. The average Bonchev–Trinajstić information content (AvgIpc) is 3.16. The molecule has 0 spiro atoms. The van der Waals surface area contributed by atoms with Gasteiger partial charge in [0.2, 0.25) is 5.91 Å². The second-order valence-corrected chi connectivity index (χ2v) is 13.5. The number of hydrogen-bond acceptors (Lipinski definition) is 5. The van der Waals surface area contributed by atoms with Crippen molar-refractivity contribution in [3.63, 3.8) is 0 Å². The van der Waals surface area contributed by atoms with E-state index in [2.05, 4.69) is 5.32 Å². The Hall–Kier alpha value is -4.59. The number of carbonyl (C=O) groups is 2. The van der Waals surface area contributed by atoms with E-state index in [9.17, 15) is 35.9 Å². The summed E-state index contributed by atoms with van der Waals surface area (Å²) in [4.78, 5) is 28.6. The Labute approximate surface area is 314 Å². The summed E-state index contributed by atoms with van der Waals surface area (Å²) in [6, 6.07) is 28.2. The van der Waals surface area contributed by atoms with Crippen LogP contribution < -0.4 is 5.32 Å². The van der Waals surface area contributed by atoms with Crippen molar-refractivity contribution in [1.29, 1.82) is 0 Å². The standard InChI is InChI=1S/C40H39ClF6N2O5/c1-28(31-19-33(39(42,43)44)21-34(20-31)40(45,46)47)54-27-38(32-15-9-4-10-16-32)18-17-37(48-35(50)22-41,26-52-23-29-11-5-2-6-12-29)25-49(38)36(51)53-24-30-13-7-3-8-14-30/h2-16,19-21,28H,17-18,22-27H2,1H3,(H,48,50)/t28-,37-,38-/m1/s1. The first kappa shape index (κ1) is 40.6. The number of carbonyl (C=O) groups excluding carboxylic acids is 2. The van der Waals surface area contributed by atoms with E-state index >= 15 is 0 Å². The molecule has 5 rings (SSSR count). The van der Waals surface area contributed by atoms with E-state index in [-0.39, 0.29) is 63.3 Å². The lowest BCUT2D eigenvalue weighted by molar-refractivity contribution is -0.143. The fraction of sp³-hybridized carbons (Fsp3) is 0.350. The number of amides is 2. The van der Waals surface area contributed by atoms with Crippen LogP contribution in [-0.4, -0.2) is 48.1 Å². The molecule has 1 fully saturated rings. The van der Waals surface area contributed by atoms with E-state index in [4.69, 9.17) is 25.8 Å². The summed E-state index contributed by atoms with van der Waals surface area (Å²) in [5, 5.41) is 2.95. The minimum absolute atomic E-state index is 0.0421. The Morgan fingerprint density at radius 2 is 1.31 bits per heavy atom. The molecule has 0 aliphatic carbocycles. The Morgan fingerprint density at radius 1 is 0.778 bits per heavy atom. The smallest absolute Gasteiger partial charge is 0.416 e. The Kier molecular flexibility index (Phi) is 13.0. The average molecular weight is 777 g/mol. The summed E-state index contributed by atoms with van der Waals surface area (Å²) in [7, 11) is 0. The van der Waals surface area contributed by atoms with Gasteiger partial charge in [-0.1, -0.05) is 91.0 Å². The van der Waals surface area contributed by atoms with Crippen LogP contribution >= 0.6 is 11.6 Å². The molecule has 4 aromatic carbocycles. The summed E-state index contributed by atoms with van der Waals surface area (Å²) >= 11 is 5.93. The fourth-order valence-electron chi connectivity index (χ4n) is 6.53. The first-order chi connectivity index (χ1) is 25.6. The van der Waals surface area contributed by atoms with Crippen LogP contribution in [0, 0.1) is 0 Å². The minimum atomic E-state index is -5.05. The molecular weight excluding hydrogens is 738 g/mol. The van der Waals surface area contributed by atoms with Gasteiger partial charge in [0.25, 0.3) is 0 Å². The molecule has 1 aliphatic rings. The largest absolute Gasteiger partial charge is 0.445 e. The predicted octanol–water partition coefficient (Wildman–Crippen LogP) is 9.44. The molecule has 14 heteroatoms. The highest BCUT2D eigenvalue weighted by atomic mass is 35.5. The van der Waals surface area contributed by atoms with E-state index in [0.29, 0.717) is 23.3 Å². The highest BCUT2D eigenvalue weighted by molar-refractivity contribution is 6.27. The lowest BCUT2D eigenvalue weighted by Gasteiger charge is -2.53. The van der Waals surface area contributed by atoms with Gasteiger partial charge in [0, 0.05) is 0 Å². The van der Waals surface area contributed by atoms with Crippen molar-refractivity contribution in [3.05, 3.63) is 143 Å². The molecule has 0 radical (unpaired) electrons. The van der Waals surface area contributed by atoms with Crippen molar-refractivity contribution in [1.82, 2.24) is 10.2 Å². The van der Waals surface area contributed by atoms with Crippen molar-refractivity contribution in [2.45, 2.75) is 62.5 Å². The van der Waals surface area contributed by atoms with E-state index in [1.54, 1.807) is 60.7 Å². The van der Waals surface area contributed by atoms with Crippen LogP contribution in [-0.2, 0) is 50.1 Å². The van der Waals surface area contributed by atoms with Gasteiger partial charge in [-0.3, -0.25) is 9.69 Å². The van der Waals surface area contributed by atoms with E-state index < -0.39 is 52.7 Å². The monoisotopic (exact) mass is 776 g/mol. The van der Waals surface area contributed by atoms with Crippen LogP contribution in [0.15, 0.2) is 109 Å². The number of nitrogens with one attached hydrogen (secondary N) is 1. The van der Waals surface area contributed by atoms with E-state index in [1.165, 1.54) is 11.8 Å². The second kappa shape index (κ2) is 17.3. The maximum atomic E-state index is 14.3. The number of nitrogens with zero attached hydrogens (tertiary/aromatic N) is 1. The first-order valence-corrected chi connectivity index (χ1v) is 17.6. The molecule has 54 heavy (non-hydrogen) atoms. The third-order valence-electron chi connectivity index (χ3n) is 9.40. The van der Waals surface area contributed by atoms with Gasteiger partial charge >= 0.3 is 18.4 Å². The third kappa shape index (κ3) is 10.1. The molecular formula is C40H39ClF6N2O5. The summed E-state index contributed by atoms with van der Waals surface area (Å²) in [6.07, 6.45) is -11.9. The maximum absolute atomic E-state index is 14.3. The molecule has 1 heterocycles. The van der Waals surface area contributed by atoms with E-state index in [1.807, 2.05) is 30.3 Å². The molecule has 1 aliphatic heterocycles. The molecule has 0 aromatic heterocycles. The zero-order valence-electron chi connectivity index (χ0n) is 29.3. The number of ether oxygens (including phenoxy) is 3. The van der Waals surface area contributed by atoms with Crippen LogP contribution in [0.5, 0.6) is 0 Å². The molecule has 7 nitrogen and oxygen atoms in total. The number of halogens is 7. The van der Waals surface area contributed by atoms with Crippen molar-refractivity contribution in [2.24, 2.45) is 0 Å². The number of rotatable bonds is 13. The number of benzene rings is 4. The van der Waals surface area contributed by atoms with Crippen LogP contribution in [0.25, 0.3) is 0 Å². The number of hydrogen-bond donors (Lipinski definition) is 1. The van der Waals surface area contributed by atoms with Gasteiger partial charge in [-0.15, -0.1) is 11.6 Å². The molecule has 2 amide bonds. The van der Waals surface area contributed by atoms with Gasteiger partial charge in [-0.2, -0.15) is 26.3 Å². The predicted molar refractivity (Wildman–Crippen MR) is 189 cm³/mol. The molecule has 1 N–H and O–H groups in total. The zero-order chi connectivity index (χ0) is 39.0. The molecule has 0 unspecified atom stereocenters. The Morgan fingerprint density at radius 3 is 1.85 bits per heavy atom. The molecule has 1 saturated heterocycles. The van der Waals surface area contributed by atoms with Gasteiger partial charge in [0.1, 0.15) is 12.5 Å². The summed E-state index contributed by atoms with van der Waals surface area (Å²) in [6.45, 7) is 0.845. The third-order valence-corrected chi connectivity index (χ3v) is 9.64. The zero-order valence-corrected chi connectivity index (χ0v) is 30.0. The highest BCUT2D eigenvalue weighted by Crippen LogP contribution is 2.44. The van der Waals surface area contributed by atoms with Gasteiger partial charge in [-0.25, -0.2) is 4.79 Å². The number of alkyl halides is 7. The second-order valence-electron chi connectivity index (χ2n) is 13.3. The minimum Gasteiger partial charge on any atom is -0.445 e. The maximum Gasteiger partial charge on any atom is 0.416 e. The summed E-state index contributed by atoms with van der Waals surface area (Å²) < 4.78 is 101. The SMILES string of the molecule is C[C@@H](OC[C@@]1(c2ccccc2)CC[C@@](COCc2ccccc2)(NC(=O)CCl)CN1C(=O)OCc1ccccc1)c1cc(C(F)(F)F)cc(C(F)(F)F)c1. The van der Waals surface area contributed by atoms with Gasteiger partial charge in [0.15, 0.2) is 0 Å². The van der Waals surface area contributed by atoms with Crippen LogP contribution in [0.2, 0.25) is 0 Å². The molecule has 3 atom stereocenters. The number of piperidine rings is 1. The lowest BCUT2D eigenvalue weighted by Crippen LogP contribution is -2.68. The van der Waals surface area contributed by atoms with Crippen molar-refractivity contribution < 1.29 is 50.1 Å². The lowest BCUT2D eigenvalue weighted by atomic mass is 9.74. The fourth-order valence-corrected chi connectivity index (χ4v) is 6.60. The van der Waals surface area contributed by atoms with Gasteiger partial charge in [0.05, 0.1) is 54.7 Å². The van der Waals surface area contributed by atoms with Crippen LogP contribution in [0.1, 0.15) is 59.3 Å². The Balaban J connectivity index is 1.53. The van der Waals surface area contributed by atoms with Crippen molar-refractivity contribution >= 4 is 23.6 Å². The molecule has 0 saturated carbocycles. The van der Waals surface area contributed by atoms with Crippen molar-refractivity contribution in [3.8, 4) is 0 Å². The Bertz CT molecular complexity index is 1820. The molecule has 0 bridgehead atoms. The van der Waals surface area contributed by atoms with E-state index in [0.717, 1.165) is 5.56 Å². The van der Waals surface area contributed by atoms with Gasteiger partial charge in [-0.05, 0) is 60.2 Å². The first-order valence-electron chi connectivity index (χ1n) is 17.1.